The number of carbonyl (C=O) groups is 1. The minimum Gasteiger partial charge on any atom is -0.463 e. The number of alkyl halides is 1. The number of methoxy groups -OCH3 is 1. The van der Waals surface area contributed by atoms with Crippen molar-refractivity contribution in [2.75, 3.05) is 7.11 Å². The molecule has 0 spiro atoms. The molecule has 0 aliphatic heterocycles. The average Bonchev–Trinajstić information content (AvgIpc) is 2.46. The van der Waals surface area contributed by atoms with Gasteiger partial charge in [-0.25, -0.2) is 14.8 Å². The fraction of sp³-hybridized carbons (Fsp3) is 0.154. The second-order valence-corrected chi connectivity index (χ2v) is 3.86. The molecule has 0 N–H and O–H groups in total. The van der Waals surface area contributed by atoms with Crippen molar-refractivity contribution < 1.29 is 9.53 Å². The highest BCUT2D eigenvalue weighted by molar-refractivity contribution is 6.17. The lowest BCUT2D eigenvalue weighted by Crippen LogP contribution is -2.07. The zero-order valence-electron chi connectivity index (χ0n) is 9.76. The van der Waals surface area contributed by atoms with Crippen LogP contribution in [0.4, 0.5) is 0 Å². The Bertz CT molecular complexity index is 572. The van der Waals surface area contributed by atoms with Gasteiger partial charge in [0.05, 0.1) is 12.8 Å². The van der Waals surface area contributed by atoms with Crippen molar-refractivity contribution in [1.29, 1.82) is 0 Å². The summed E-state index contributed by atoms with van der Waals surface area (Å²) < 4.78 is 4.59. The van der Waals surface area contributed by atoms with Crippen molar-refractivity contribution in [2.24, 2.45) is 0 Å². The summed E-state index contributed by atoms with van der Waals surface area (Å²) in [4.78, 5) is 19.4. The van der Waals surface area contributed by atoms with Gasteiger partial charge >= 0.3 is 5.97 Å². The molecular formula is C13H11ClN2O2. The van der Waals surface area contributed by atoms with Crippen LogP contribution in [0, 0.1) is 0 Å². The highest BCUT2D eigenvalue weighted by atomic mass is 35.5. The van der Waals surface area contributed by atoms with E-state index in [0.717, 1.165) is 11.1 Å². The van der Waals surface area contributed by atoms with Crippen LogP contribution in [0.1, 0.15) is 16.2 Å². The molecule has 0 saturated heterocycles. The van der Waals surface area contributed by atoms with Gasteiger partial charge < -0.3 is 4.74 Å². The van der Waals surface area contributed by atoms with E-state index >= 15 is 0 Å². The number of rotatable bonds is 3. The summed E-state index contributed by atoms with van der Waals surface area (Å²) >= 11 is 5.78. The number of benzene rings is 1. The number of aromatic nitrogens is 2. The molecule has 0 aliphatic carbocycles. The summed E-state index contributed by atoms with van der Waals surface area (Å²) in [5.74, 6) is -0.0698. The third-order valence-corrected chi connectivity index (χ3v) is 2.71. The first-order valence-corrected chi connectivity index (χ1v) is 5.84. The van der Waals surface area contributed by atoms with Gasteiger partial charge in [0.2, 0.25) is 5.82 Å². The van der Waals surface area contributed by atoms with Crippen LogP contribution < -0.4 is 0 Å². The number of carbonyl (C=O) groups excluding carboxylic acids is 1. The monoisotopic (exact) mass is 262 g/mol. The first-order valence-electron chi connectivity index (χ1n) is 5.31. The summed E-state index contributed by atoms with van der Waals surface area (Å²) in [7, 11) is 1.30. The van der Waals surface area contributed by atoms with Gasteiger partial charge in [-0.2, -0.15) is 0 Å². The third-order valence-electron chi connectivity index (χ3n) is 2.40. The van der Waals surface area contributed by atoms with Gasteiger partial charge in [0.25, 0.3) is 0 Å². The van der Waals surface area contributed by atoms with Crippen LogP contribution in [0.3, 0.4) is 0 Å². The minimum atomic E-state index is -0.551. The lowest BCUT2D eigenvalue weighted by atomic mass is 10.1. The molecule has 1 aromatic carbocycles. The number of ether oxygens (including phenoxy) is 1. The van der Waals surface area contributed by atoms with E-state index in [1.807, 2.05) is 24.3 Å². The van der Waals surface area contributed by atoms with E-state index in [0.29, 0.717) is 11.6 Å². The van der Waals surface area contributed by atoms with Crippen molar-refractivity contribution in [3.05, 3.63) is 47.9 Å². The molecule has 0 amide bonds. The molecule has 0 aliphatic rings. The molecule has 0 atom stereocenters. The Balaban J connectivity index is 2.41. The maximum absolute atomic E-state index is 11.4. The Hall–Kier alpha value is -1.94. The molecule has 4 nitrogen and oxygen atoms in total. The largest absolute Gasteiger partial charge is 0.463 e. The quantitative estimate of drug-likeness (QED) is 0.630. The van der Waals surface area contributed by atoms with E-state index in [4.69, 9.17) is 11.6 Å². The van der Waals surface area contributed by atoms with Crippen molar-refractivity contribution in [3.63, 3.8) is 0 Å². The van der Waals surface area contributed by atoms with E-state index in [-0.39, 0.29) is 5.82 Å². The predicted molar refractivity (Wildman–Crippen MR) is 68.4 cm³/mol. The maximum atomic E-state index is 11.4. The second-order valence-electron chi connectivity index (χ2n) is 3.59. The molecule has 2 rings (SSSR count). The molecule has 0 saturated carbocycles. The zero-order chi connectivity index (χ0) is 13.0. The smallest absolute Gasteiger partial charge is 0.376 e. The standard InChI is InChI=1S/C13H11ClN2O2/c1-18-13(17)12-15-6-5-11(16-12)10-4-2-3-9(7-10)8-14/h2-7H,8H2,1H3. The van der Waals surface area contributed by atoms with Gasteiger partial charge in [0.15, 0.2) is 0 Å². The van der Waals surface area contributed by atoms with E-state index in [9.17, 15) is 4.79 Å². The molecule has 18 heavy (non-hydrogen) atoms. The van der Waals surface area contributed by atoms with Crippen LogP contribution in [-0.4, -0.2) is 23.0 Å². The topological polar surface area (TPSA) is 52.1 Å². The van der Waals surface area contributed by atoms with Gasteiger partial charge in [-0.15, -0.1) is 11.6 Å². The van der Waals surface area contributed by atoms with Crippen molar-refractivity contribution in [1.82, 2.24) is 9.97 Å². The van der Waals surface area contributed by atoms with E-state index in [2.05, 4.69) is 14.7 Å². The second kappa shape index (κ2) is 5.60. The number of hydrogen-bond acceptors (Lipinski definition) is 4. The van der Waals surface area contributed by atoms with E-state index < -0.39 is 5.97 Å². The summed E-state index contributed by atoms with van der Waals surface area (Å²) in [5.41, 5.74) is 2.55. The number of esters is 1. The van der Waals surface area contributed by atoms with Crippen LogP contribution in [0.5, 0.6) is 0 Å². The van der Waals surface area contributed by atoms with Gasteiger partial charge in [-0.05, 0) is 17.7 Å². The third kappa shape index (κ3) is 2.65. The Labute approximate surface area is 110 Å². The van der Waals surface area contributed by atoms with Gasteiger partial charge in [-0.3, -0.25) is 0 Å². The fourth-order valence-electron chi connectivity index (χ4n) is 1.52. The molecule has 0 fully saturated rings. The molecule has 0 radical (unpaired) electrons. The summed E-state index contributed by atoms with van der Waals surface area (Å²) in [5, 5.41) is 0. The summed E-state index contributed by atoms with van der Waals surface area (Å²) in [6.07, 6.45) is 1.53. The van der Waals surface area contributed by atoms with Crippen LogP contribution in [-0.2, 0) is 10.6 Å². The Morgan fingerprint density at radius 1 is 1.39 bits per heavy atom. The predicted octanol–water partition coefficient (Wildman–Crippen LogP) is 2.67. The Morgan fingerprint density at radius 2 is 2.22 bits per heavy atom. The Morgan fingerprint density at radius 3 is 2.94 bits per heavy atom. The molecular weight excluding hydrogens is 252 g/mol. The van der Waals surface area contributed by atoms with Gasteiger partial charge in [0.1, 0.15) is 0 Å². The normalized spacial score (nSPS) is 10.1. The van der Waals surface area contributed by atoms with Crippen molar-refractivity contribution >= 4 is 17.6 Å². The van der Waals surface area contributed by atoms with Crippen LogP contribution in [0.25, 0.3) is 11.3 Å². The average molecular weight is 263 g/mol. The number of nitrogens with zero attached hydrogens (tertiary/aromatic N) is 2. The molecule has 5 heteroatoms. The first-order chi connectivity index (χ1) is 8.74. The SMILES string of the molecule is COC(=O)c1nccc(-c2cccc(CCl)c2)n1. The fourth-order valence-corrected chi connectivity index (χ4v) is 1.69. The van der Waals surface area contributed by atoms with E-state index in [1.165, 1.54) is 13.3 Å². The van der Waals surface area contributed by atoms with Crippen LogP contribution >= 0.6 is 11.6 Å². The summed E-state index contributed by atoms with van der Waals surface area (Å²) in [6.45, 7) is 0. The molecule has 1 aromatic heterocycles. The highest BCUT2D eigenvalue weighted by Crippen LogP contribution is 2.19. The Kier molecular flexibility index (Phi) is 3.89. The van der Waals surface area contributed by atoms with Crippen LogP contribution in [0.2, 0.25) is 0 Å². The molecule has 92 valence electrons. The molecule has 1 heterocycles. The minimum absolute atomic E-state index is 0.0475. The zero-order valence-corrected chi connectivity index (χ0v) is 10.5. The number of hydrogen-bond donors (Lipinski definition) is 0. The molecule has 2 aromatic rings. The van der Waals surface area contributed by atoms with Crippen molar-refractivity contribution in [2.45, 2.75) is 5.88 Å². The molecule has 0 bridgehead atoms. The van der Waals surface area contributed by atoms with Crippen molar-refractivity contribution in [3.8, 4) is 11.3 Å². The van der Waals surface area contributed by atoms with Gasteiger partial charge in [0, 0.05) is 17.6 Å². The maximum Gasteiger partial charge on any atom is 0.376 e. The summed E-state index contributed by atoms with van der Waals surface area (Å²) in [6, 6.07) is 9.39. The lowest BCUT2D eigenvalue weighted by Gasteiger charge is -2.04. The number of halogens is 1. The highest BCUT2D eigenvalue weighted by Gasteiger charge is 2.10. The first kappa shape index (κ1) is 12.5. The lowest BCUT2D eigenvalue weighted by molar-refractivity contribution is 0.0587. The van der Waals surface area contributed by atoms with Gasteiger partial charge in [-0.1, -0.05) is 18.2 Å². The van der Waals surface area contributed by atoms with E-state index in [1.54, 1.807) is 6.07 Å². The van der Waals surface area contributed by atoms with Crippen LogP contribution in [0.15, 0.2) is 36.5 Å². The molecule has 0 unspecified atom stereocenters.